The maximum Gasteiger partial charge on any atom is 0.231 e. The highest BCUT2D eigenvalue weighted by molar-refractivity contribution is 7.09. The Hall–Kier alpha value is -1.59. The largest absolute Gasteiger partial charge is 0.454 e. The fourth-order valence-electron chi connectivity index (χ4n) is 2.20. The molecule has 0 bridgehead atoms. The van der Waals surface area contributed by atoms with Gasteiger partial charge in [0.15, 0.2) is 11.5 Å². The molecule has 1 aliphatic heterocycles. The third-order valence-electron chi connectivity index (χ3n) is 3.54. The van der Waals surface area contributed by atoms with Crippen molar-refractivity contribution in [3.05, 3.63) is 39.8 Å². The lowest BCUT2D eigenvalue weighted by atomic mass is 9.93. The van der Waals surface area contributed by atoms with E-state index in [4.69, 9.17) is 20.2 Å². The van der Waals surface area contributed by atoms with Gasteiger partial charge in [0.25, 0.3) is 0 Å². The molecular formula is C16H20N2O2S. The predicted octanol–water partition coefficient (Wildman–Crippen LogP) is 3.41. The summed E-state index contributed by atoms with van der Waals surface area (Å²) in [5, 5.41) is 3.20. The van der Waals surface area contributed by atoms with E-state index in [9.17, 15) is 0 Å². The van der Waals surface area contributed by atoms with Crippen LogP contribution in [-0.4, -0.2) is 11.8 Å². The van der Waals surface area contributed by atoms with Crippen LogP contribution in [-0.2, 0) is 11.8 Å². The van der Waals surface area contributed by atoms with Crippen molar-refractivity contribution < 1.29 is 9.47 Å². The standard InChI is InChI=1S/C16H20N2O2S/c1-16(2,3)14-8-21-15(18-14)7-11(17)10-4-5-12-13(6-10)20-9-19-12/h4-6,8,11H,7,9,17H2,1-3H3. The first-order valence-corrected chi connectivity index (χ1v) is 7.91. The van der Waals surface area contributed by atoms with E-state index in [0.29, 0.717) is 0 Å². The lowest BCUT2D eigenvalue weighted by molar-refractivity contribution is 0.174. The Bertz CT molecular complexity index is 646. The summed E-state index contributed by atoms with van der Waals surface area (Å²) >= 11 is 1.68. The Balaban J connectivity index is 1.74. The third kappa shape index (κ3) is 3.04. The third-order valence-corrected chi connectivity index (χ3v) is 4.41. The van der Waals surface area contributed by atoms with Gasteiger partial charge in [0.05, 0.1) is 10.7 Å². The molecule has 0 saturated heterocycles. The van der Waals surface area contributed by atoms with Crippen molar-refractivity contribution in [3.63, 3.8) is 0 Å². The van der Waals surface area contributed by atoms with Gasteiger partial charge in [0, 0.05) is 23.3 Å². The number of benzene rings is 1. The van der Waals surface area contributed by atoms with Gasteiger partial charge in [-0.25, -0.2) is 4.98 Å². The summed E-state index contributed by atoms with van der Waals surface area (Å²) < 4.78 is 10.7. The van der Waals surface area contributed by atoms with Crippen LogP contribution in [0, 0.1) is 0 Å². The molecule has 4 nitrogen and oxygen atoms in total. The minimum atomic E-state index is -0.0848. The molecule has 0 spiro atoms. The van der Waals surface area contributed by atoms with Crippen LogP contribution in [0.5, 0.6) is 11.5 Å². The first kappa shape index (κ1) is 14.4. The first-order chi connectivity index (χ1) is 9.93. The summed E-state index contributed by atoms with van der Waals surface area (Å²) in [6.45, 7) is 6.80. The average Bonchev–Trinajstić information content (AvgIpc) is 3.04. The fraction of sp³-hybridized carbons (Fsp3) is 0.438. The van der Waals surface area contributed by atoms with Crippen LogP contribution in [0.15, 0.2) is 23.6 Å². The molecule has 0 fully saturated rings. The molecule has 0 aliphatic carbocycles. The smallest absolute Gasteiger partial charge is 0.231 e. The van der Waals surface area contributed by atoms with Crippen LogP contribution >= 0.6 is 11.3 Å². The maximum atomic E-state index is 6.31. The minimum absolute atomic E-state index is 0.0809. The molecule has 0 amide bonds. The summed E-state index contributed by atoms with van der Waals surface area (Å²) in [7, 11) is 0. The highest BCUT2D eigenvalue weighted by atomic mass is 32.1. The molecule has 0 radical (unpaired) electrons. The van der Waals surface area contributed by atoms with Crippen LogP contribution < -0.4 is 15.2 Å². The highest BCUT2D eigenvalue weighted by Crippen LogP contribution is 2.34. The predicted molar refractivity (Wildman–Crippen MR) is 84.0 cm³/mol. The number of hydrogen-bond donors (Lipinski definition) is 1. The summed E-state index contributed by atoms with van der Waals surface area (Å²) in [5.41, 5.74) is 8.56. The van der Waals surface area contributed by atoms with Crippen molar-refractivity contribution in [3.8, 4) is 11.5 Å². The molecule has 1 atom stereocenters. The Morgan fingerprint density at radius 1 is 1.29 bits per heavy atom. The second kappa shape index (κ2) is 5.31. The number of hydrogen-bond acceptors (Lipinski definition) is 5. The number of rotatable bonds is 3. The second-order valence-corrected chi connectivity index (χ2v) is 7.24. The zero-order chi connectivity index (χ0) is 15.0. The summed E-state index contributed by atoms with van der Waals surface area (Å²) in [6, 6.07) is 5.79. The van der Waals surface area contributed by atoms with E-state index < -0.39 is 0 Å². The van der Waals surface area contributed by atoms with Crippen molar-refractivity contribution in [1.82, 2.24) is 4.98 Å². The molecule has 1 aromatic carbocycles. The van der Waals surface area contributed by atoms with Crippen LogP contribution in [0.25, 0.3) is 0 Å². The van der Waals surface area contributed by atoms with Gasteiger partial charge in [-0.3, -0.25) is 0 Å². The highest BCUT2D eigenvalue weighted by Gasteiger charge is 2.20. The molecule has 2 N–H and O–H groups in total. The lowest BCUT2D eigenvalue weighted by Crippen LogP contribution is -2.14. The van der Waals surface area contributed by atoms with Gasteiger partial charge in [0.1, 0.15) is 0 Å². The molecule has 1 unspecified atom stereocenters. The molecule has 2 heterocycles. The van der Waals surface area contributed by atoms with Gasteiger partial charge in [-0.15, -0.1) is 11.3 Å². The van der Waals surface area contributed by atoms with Crippen molar-refractivity contribution in [2.24, 2.45) is 5.73 Å². The van der Waals surface area contributed by atoms with Crippen molar-refractivity contribution in [2.45, 2.75) is 38.6 Å². The van der Waals surface area contributed by atoms with E-state index in [0.717, 1.165) is 34.2 Å². The van der Waals surface area contributed by atoms with Gasteiger partial charge in [-0.1, -0.05) is 26.8 Å². The molecule has 112 valence electrons. The molecule has 5 heteroatoms. The van der Waals surface area contributed by atoms with E-state index >= 15 is 0 Å². The average molecular weight is 304 g/mol. The van der Waals surface area contributed by atoms with Crippen LogP contribution in [0.4, 0.5) is 0 Å². The summed E-state index contributed by atoms with van der Waals surface area (Å²) in [6.07, 6.45) is 0.736. The lowest BCUT2D eigenvalue weighted by Gasteiger charge is -2.14. The van der Waals surface area contributed by atoms with Gasteiger partial charge >= 0.3 is 0 Å². The number of nitrogens with two attached hydrogens (primary N) is 1. The quantitative estimate of drug-likeness (QED) is 0.944. The molecule has 1 aliphatic rings. The Morgan fingerprint density at radius 2 is 2.05 bits per heavy atom. The molecular weight excluding hydrogens is 284 g/mol. The first-order valence-electron chi connectivity index (χ1n) is 7.03. The van der Waals surface area contributed by atoms with Gasteiger partial charge < -0.3 is 15.2 Å². The fourth-order valence-corrected chi connectivity index (χ4v) is 3.28. The van der Waals surface area contributed by atoms with E-state index in [2.05, 4.69) is 26.2 Å². The molecule has 3 rings (SSSR count). The number of fused-ring (bicyclic) bond motifs is 1. The Labute approximate surface area is 128 Å². The number of thiazole rings is 1. The normalized spacial score (nSPS) is 15.2. The molecule has 0 saturated carbocycles. The second-order valence-electron chi connectivity index (χ2n) is 6.30. The van der Waals surface area contributed by atoms with Gasteiger partial charge in [-0.2, -0.15) is 0 Å². The van der Waals surface area contributed by atoms with E-state index in [-0.39, 0.29) is 18.2 Å². The van der Waals surface area contributed by atoms with Gasteiger partial charge in [0.2, 0.25) is 6.79 Å². The van der Waals surface area contributed by atoms with Crippen LogP contribution in [0.2, 0.25) is 0 Å². The maximum absolute atomic E-state index is 6.31. The Kier molecular flexibility index (Phi) is 3.63. The van der Waals surface area contributed by atoms with E-state index in [1.54, 1.807) is 11.3 Å². The number of ether oxygens (including phenoxy) is 2. The van der Waals surface area contributed by atoms with Crippen LogP contribution in [0.1, 0.15) is 43.1 Å². The summed E-state index contributed by atoms with van der Waals surface area (Å²) in [5.74, 6) is 1.56. The topological polar surface area (TPSA) is 57.4 Å². The van der Waals surface area contributed by atoms with E-state index in [1.807, 2.05) is 18.2 Å². The van der Waals surface area contributed by atoms with Gasteiger partial charge in [-0.05, 0) is 17.7 Å². The minimum Gasteiger partial charge on any atom is -0.454 e. The van der Waals surface area contributed by atoms with E-state index in [1.165, 1.54) is 0 Å². The number of nitrogens with zero attached hydrogens (tertiary/aromatic N) is 1. The SMILES string of the molecule is CC(C)(C)c1csc(CC(N)c2ccc3c(c2)OCO3)n1. The number of aromatic nitrogens is 1. The molecule has 1 aromatic heterocycles. The van der Waals surface area contributed by atoms with Crippen LogP contribution in [0.3, 0.4) is 0 Å². The zero-order valence-corrected chi connectivity index (χ0v) is 13.4. The monoisotopic (exact) mass is 304 g/mol. The Morgan fingerprint density at radius 3 is 2.76 bits per heavy atom. The molecule has 21 heavy (non-hydrogen) atoms. The molecule has 2 aromatic rings. The summed E-state index contributed by atoms with van der Waals surface area (Å²) in [4.78, 5) is 4.70. The van der Waals surface area contributed by atoms with Crippen molar-refractivity contribution >= 4 is 11.3 Å². The van der Waals surface area contributed by atoms with Crippen molar-refractivity contribution in [2.75, 3.05) is 6.79 Å². The zero-order valence-electron chi connectivity index (χ0n) is 12.6. The van der Waals surface area contributed by atoms with Crippen molar-refractivity contribution in [1.29, 1.82) is 0 Å².